The standard InChI is InChI=1S/C21H20N4O4S/c22-14-6-7-16-18(12-14)30(27,28)13-17-19(21(26)24-8-10-29-11-9-24)23-25(20(16)17)15-4-2-1-3-5-15/h1-7,12H,8-11,13,22H2. The van der Waals surface area contributed by atoms with Crippen LogP contribution in [-0.4, -0.2) is 55.3 Å². The van der Waals surface area contributed by atoms with Crippen LogP contribution in [0.4, 0.5) is 5.69 Å². The van der Waals surface area contributed by atoms with Crippen molar-refractivity contribution in [3.63, 3.8) is 0 Å². The fourth-order valence-corrected chi connectivity index (χ4v) is 5.59. The van der Waals surface area contributed by atoms with E-state index in [0.29, 0.717) is 48.8 Å². The lowest BCUT2D eigenvalue weighted by Crippen LogP contribution is -2.41. The molecule has 0 spiro atoms. The third kappa shape index (κ3) is 2.98. The summed E-state index contributed by atoms with van der Waals surface area (Å²) < 4.78 is 33.1. The van der Waals surface area contributed by atoms with Crippen molar-refractivity contribution in [3.05, 3.63) is 59.8 Å². The number of anilines is 1. The number of carbonyl (C=O) groups excluding carboxylic acids is 1. The molecule has 1 aromatic heterocycles. The highest BCUT2D eigenvalue weighted by Crippen LogP contribution is 2.41. The molecule has 8 nitrogen and oxygen atoms in total. The van der Waals surface area contributed by atoms with Crippen molar-refractivity contribution in [3.8, 4) is 16.9 Å². The quantitative estimate of drug-likeness (QED) is 0.630. The SMILES string of the molecule is Nc1ccc2c(c1)S(=O)(=O)Cc1c(C(=O)N3CCOCC3)nn(-c3ccccc3)c1-2. The normalized spacial score (nSPS) is 17.3. The molecule has 2 aromatic carbocycles. The van der Waals surface area contributed by atoms with Crippen LogP contribution in [0.25, 0.3) is 16.9 Å². The smallest absolute Gasteiger partial charge is 0.274 e. The molecule has 0 radical (unpaired) electrons. The molecule has 2 aliphatic rings. The zero-order valence-corrected chi connectivity index (χ0v) is 16.9. The number of amides is 1. The molecule has 0 aliphatic carbocycles. The van der Waals surface area contributed by atoms with Crippen LogP contribution in [0, 0.1) is 0 Å². The lowest BCUT2D eigenvalue weighted by atomic mass is 10.0. The van der Waals surface area contributed by atoms with Gasteiger partial charge in [-0.25, -0.2) is 13.1 Å². The Morgan fingerprint density at radius 1 is 1.07 bits per heavy atom. The molecule has 5 rings (SSSR count). The molecule has 3 heterocycles. The van der Waals surface area contributed by atoms with E-state index in [4.69, 9.17) is 10.5 Å². The number of fused-ring (bicyclic) bond motifs is 3. The summed E-state index contributed by atoms with van der Waals surface area (Å²) in [5.41, 5.74) is 8.69. The Morgan fingerprint density at radius 3 is 2.53 bits per heavy atom. The molecule has 0 unspecified atom stereocenters. The maximum Gasteiger partial charge on any atom is 0.274 e. The summed E-state index contributed by atoms with van der Waals surface area (Å²) in [7, 11) is -3.66. The number of hydrogen-bond donors (Lipinski definition) is 1. The summed E-state index contributed by atoms with van der Waals surface area (Å²) in [4.78, 5) is 15.1. The van der Waals surface area contributed by atoms with Gasteiger partial charge in [0.1, 0.15) is 0 Å². The minimum Gasteiger partial charge on any atom is -0.399 e. The molecule has 0 atom stereocenters. The van der Waals surface area contributed by atoms with Crippen LogP contribution < -0.4 is 5.73 Å². The summed E-state index contributed by atoms with van der Waals surface area (Å²) >= 11 is 0. The van der Waals surface area contributed by atoms with E-state index in [0.717, 1.165) is 5.69 Å². The first-order valence-corrected chi connectivity index (χ1v) is 11.3. The van der Waals surface area contributed by atoms with Crippen molar-refractivity contribution in [2.75, 3.05) is 32.0 Å². The summed E-state index contributed by atoms with van der Waals surface area (Å²) in [5.74, 6) is -0.574. The first-order valence-electron chi connectivity index (χ1n) is 9.63. The zero-order chi connectivity index (χ0) is 20.9. The Labute approximate surface area is 173 Å². The van der Waals surface area contributed by atoms with E-state index >= 15 is 0 Å². The Balaban J connectivity index is 1.76. The molecule has 30 heavy (non-hydrogen) atoms. The number of sulfone groups is 1. The van der Waals surface area contributed by atoms with Crippen molar-refractivity contribution in [2.24, 2.45) is 0 Å². The average Bonchev–Trinajstić information content (AvgIpc) is 3.13. The number of rotatable bonds is 2. The molecule has 1 amide bonds. The number of nitrogens with two attached hydrogens (primary N) is 1. The molecule has 9 heteroatoms. The Kier molecular flexibility index (Phi) is 4.37. The number of carbonyl (C=O) groups is 1. The fraction of sp³-hybridized carbons (Fsp3) is 0.238. The second-order valence-corrected chi connectivity index (χ2v) is 9.30. The van der Waals surface area contributed by atoms with Crippen LogP contribution in [0.15, 0.2) is 53.4 Å². The fourth-order valence-electron chi connectivity index (χ4n) is 3.97. The van der Waals surface area contributed by atoms with Gasteiger partial charge in [-0.1, -0.05) is 18.2 Å². The van der Waals surface area contributed by atoms with E-state index in [2.05, 4.69) is 5.10 Å². The highest BCUT2D eigenvalue weighted by Gasteiger charge is 2.37. The third-order valence-corrected chi connectivity index (χ3v) is 7.09. The van der Waals surface area contributed by atoms with Gasteiger partial charge in [0.25, 0.3) is 5.91 Å². The van der Waals surface area contributed by atoms with Crippen molar-refractivity contribution in [1.29, 1.82) is 0 Å². The molecular formula is C21H20N4O4S. The molecule has 3 aromatic rings. The van der Waals surface area contributed by atoms with Crippen molar-refractivity contribution in [1.82, 2.24) is 14.7 Å². The van der Waals surface area contributed by atoms with Crippen LogP contribution >= 0.6 is 0 Å². The number of morpholine rings is 1. The maximum atomic E-state index is 13.3. The van der Waals surface area contributed by atoms with E-state index in [1.165, 1.54) is 6.07 Å². The molecule has 1 fully saturated rings. The number of para-hydroxylation sites is 1. The molecular weight excluding hydrogens is 404 g/mol. The lowest BCUT2D eigenvalue weighted by Gasteiger charge is -2.26. The number of nitrogen functional groups attached to an aromatic ring is 1. The van der Waals surface area contributed by atoms with Gasteiger partial charge < -0.3 is 15.4 Å². The summed E-state index contributed by atoms with van der Waals surface area (Å²) in [6, 6.07) is 14.2. The van der Waals surface area contributed by atoms with Gasteiger partial charge in [-0.2, -0.15) is 5.10 Å². The van der Waals surface area contributed by atoms with Crippen LogP contribution in [-0.2, 0) is 20.3 Å². The van der Waals surface area contributed by atoms with E-state index in [-0.39, 0.29) is 22.2 Å². The van der Waals surface area contributed by atoms with Gasteiger partial charge in [-0.15, -0.1) is 0 Å². The average molecular weight is 424 g/mol. The van der Waals surface area contributed by atoms with Gasteiger partial charge in [-0.3, -0.25) is 4.79 Å². The Bertz CT molecular complexity index is 1250. The van der Waals surface area contributed by atoms with E-state index in [1.807, 2.05) is 30.3 Å². The topological polar surface area (TPSA) is 108 Å². The number of aromatic nitrogens is 2. The Morgan fingerprint density at radius 2 is 1.80 bits per heavy atom. The predicted octanol–water partition coefficient (Wildman–Crippen LogP) is 1.88. The van der Waals surface area contributed by atoms with E-state index < -0.39 is 9.84 Å². The maximum absolute atomic E-state index is 13.3. The van der Waals surface area contributed by atoms with Gasteiger partial charge >= 0.3 is 0 Å². The second-order valence-electron chi connectivity index (χ2n) is 7.34. The number of ether oxygens (including phenoxy) is 1. The van der Waals surface area contributed by atoms with Crippen molar-refractivity contribution in [2.45, 2.75) is 10.6 Å². The first-order chi connectivity index (χ1) is 14.5. The van der Waals surface area contributed by atoms with Gasteiger partial charge in [-0.05, 0) is 30.3 Å². The number of hydrogen-bond acceptors (Lipinski definition) is 6. The van der Waals surface area contributed by atoms with Gasteiger partial charge in [0, 0.05) is 29.9 Å². The molecule has 0 bridgehead atoms. The van der Waals surface area contributed by atoms with E-state index in [1.54, 1.807) is 21.7 Å². The molecule has 2 aliphatic heterocycles. The summed E-state index contributed by atoms with van der Waals surface area (Å²) in [6.07, 6.45) is 0. The van der Waals surface area contributed by atoms with Crippen molar-refractivity contribution >= 4 is 21.4 Å². The van der Waals surface area contributed by atoms with Crippen LogP contribution in [0.1, 0.15) is 16.1 Å². The largest absolute Gasteiger partial charge is 0.399 e. The molecule has 1 saturated heterocycles. The highest BCUT2D eigenvalue weighted by molar-refractivity contribution is 7.91. The molecule has 0 saturated carbocycles. The van der Waals surface area contributed by atoms with Crippen LogP contribution in [0.2, 0.25) is 0 Å². The van der Waals surface area contributed by atoms with Crippen LogP contribution in [0.3, 0.4) is 0 Å². The minimum atomic E-state index is -3.66. The van der Waals surface area contributed by atoms with Gasteiger partial charge in [0.05, 0.1) is 35.2 Å². The highest BCUT2D eigenvalue weighted by atomic mass is 32.2. The third-order valence-electron chi connectivity index (χ3n) is 5.42. The predicted molar refractivity (Wildman–Crippen MR) is 111 cm³/mol. The molecule has 2 N–H and O–H groups in total. The van der Waals surface area contributed by atoms with E-state index in [9.17, 15) is 13.2 Å². The van der Waals surface area contributed by atoms with Crippen LogP contribution in [0.5, 0.6) is 0 Å². The monoisotopic (exact) mass is 424 g/mol. The van der Waals surface area contributed by atoms with Gasteiger partial charge in [0.2, 0.25) is 0 Å². The number of benzene rings is 2. The minimum absolute atomic E-state index is 0.164. The molecule has 154 valence electrons. The first kappa shape index (κ1) is 18.8. The van der Waals surface area contributed by atoms with Gasteiger partial charge in [0.15, 0.2) is 15.5 Å². The summed E-state index contributed by atoms with van der Waals surface area (Å²) in [5, 5.41) is 4.61. The number of nitrogens with zero attached hydrogens (tertiary/aromatic N) is 3. The second kappa shape index (κ2) is 6.96. The Hall–Kier alpha value is -3.17. The van der Waals surface area contributed by atoms with Crippen molar-refractivity contribution < 1.29 is 17.9 Å². The lowest BCUT2D eigenvalue weighted by molar-refractivity contribution is 0.0298. The summed E-state index contributed by atoms with van der Waals surface area (Å²) in [6.45, 7) is 1.80. The zero-order valence-electron chi connectivity index (χ0n) is 16.1.